The van der Waals surface area contributed by atoms with E-state index in [1.54, 1.807) is 30.3 Å². The topological polar surface area (TPSA) is 82.0 Å². The van der Waals surface area contributed by atoms with Crippen molar-refractivity contribution in [1.82, 2.24) is 5.32 Å². The van der Waals surface area contributed by atoms with E-state index in [0.717, 1.165) is 32.2 Å². The predicted octanol–water partition coefficient (Wildman–Crippen LogP) is 3.88. The lowest BCUT2D eigenvalue weighted by atomic mass is 10.1. The summed E-state index contributed by atoms with van der Waals surface area (Å²) >= 11 is 0. The van der Waals surface area contributed by atoms with Crippen LogP contribution in [0.5, 0.6) is 5.75 Å². The number of rotatable bonds is 14. The van der Waals surface area contributed by atoms with Crippen molar-refractivity contribution in [2.75, 3.05) is 26.3 Å². The summed E-state index contributed by atoms with van der Waals surface area (Å²) in [5.74, 6) is -2.96. The summed E-state index contributed by atoms with van der Waals surface area (Å²) in [4.78, 5) is 0. The van der Waals surface area contributed by atoms with Crippen LogP contribution in [0.25, 0.3) is 0 Å². The molecule has 166 valence electrons. The van der Waals surface area contributed by atoms with Gasteiger partial charge in [-0.1, -0.05) is 49.2 Å². The van der Waals surface area contributed by atoms with Gasteiger partial charge < -0.3 is 25.4 Å². The van der Waals surface area contributed by atoms with Crippen LogP contribution in [0.4, 0.5) is 8.78 Å². The quantitative estimate of drug-likeness (QED) is 0.347. The predicted molar refractivity (Wildman–Crippen MR) is 111 cm³/mol. The molecule has 1 atom stereocenters. The molecule has 0 bridgehead atoms. The van der Waals surface area contributed by atoms with E-state index in [2.05, 4.69) is 5.32 Å². The van der Waals surface area contributed by atoms with Crippen LogP contribution in [-0.2, 0) is 17.3 Å². The number of hydrogen-bond donors (Lipinski definition) is 4. The van der Waals surface area contributed by atoms with Gasteiger partial charge in [0.1, 0.15) is 12.4 Å². The van der Waals surface area contributed by atoms with Crippen molar-refractivity contribution in [1.29, 1.82) is 0 Å². The summed E-state index contributed by atoms with van der Waals surface area (Å²) in [6.45, 7) is 0.518. The summed E-state index contributed by atoms with van der Waals surface area (Å²) in [7, 11) is 0. The molecule has 0 aliphatic rings. The molecule has 2 aromatic carbocycles. The highest BCUT2D eigenvalue weighted by Crippen LogP contribution is 2.28. The fourth-order valence-electron chi connectivity index (χ4n) is 3.07. The SMILES string of the molecule is OCc1cc(C(O)CNCCCCCCOCC(F)(F)c2ccccc2)ccc1O. The normalized spacial score (nSPS) is 12.8. The maximum absolute atomic E-state index is 13.9. The number of benzene rings is 2. The number of hydrogen-bond acceptors (Lipinski definition) is 5. The van der Waals surface area contributed by atoms with Crippen molar-refractivity contribution in [3.63, 3.8) is 0 Å². The third-order valence-corrected chi connectivity index (χ3v) is 4.87. The Morgan fingerprint density at radius 1 is 1.00 bits per heavy atom. The first kappa shape index (κ1) is 24.2. The Morgan fingerprint density at radius 2 is 1.73 bits per heavy atom. The van der Waals surface area contributed by atoms with E-state index >= 15 is 0 Å². The number of aliphatic hydroxyl groups is 2. The second-order valence-electron chi connectivity index (χ2n) is 7.30. The summed E-state index contributed by atoms with van der Waals surface area (Å²) in [5.41, 5.74) is 0.988. The smallest absolute Gasteiger partial charge is 0.296 e. The van der Waals surface area contributed by atoms with Gasteiger partial charge in [0.05, 0.1) is 12.7 Å². The first-order chi connectivity index (χ1) is 14.4. The van der Waals surface area contributed by atoms with E-state index in [1.807, 2.05) is 0 Å². The van der Waals surface area contributed by atoms with Crippen LogP contribution in [0.3, 0.4) is 0 Å². The third kappa shape index (κ3) is 7.99. The molecule has 0 heterocycles. The summed E-state index contributed by atoms with van der Waals surface area (Å²) in [6.07, 6.45) is 2.74. The van der Waals surface area contributed by atoms with Crippen molar-refractivity contribution in [2.24, 2.45) is 0 Å². The first-order valence-corrected chi connectivity index (χ1v) is 10.3. The average Bonchev–Trinajstić information content (AvgIpc) is 2.75. The molecule has 0 aromatic heterocycles. The highest BCUT2D eigenvalue weighted by atomic mass is 19.3. The van der Waals surface area contributed by atoms with E-state index in [1.165, 1.54) is 18.2 Å². The molecule has 30 heavy (non-hydrogen) atoms. The molecule has 0 spiro atoms. The number of ether oxygens (including phenoxy) is 1. The lowest BCUT2D eigenvalue weighted by Crippen LogP contribution is -2.22. The molecule has 0 saturated heterocycles. The van der Waals surface area contributed by atoms with Crippen molar-refractivity contribution in [2.45, 2.75) is 44.3 Å². The molecule has 1 unspecified atom stereocenters. The zero-order valence-electron chi connectivity index (χ0n) is 17.1. The zero-order valence-corrected chi connectivity index (χ0v) is 17.1. The number of alkyl halides is 2. The number of halogens is 2. The van der Waals surface area contributed by atoms with E-state index in [-0.39, 0.29) is 17.9 Å². The van der Waals surface area contributed by atoms with E-state index in [9.17, 15) is 19.0 Å². The van der Waals surface area contributed by atoms with Crippen LogP contribution in [0.15, 0.2) is 48.5 Å². The molecule has 0 aliphatic carbocycles. The van der Waals surface area contributed by atoms with Crippen LogP contribution >= 0.6 is 0 Å². The molecule has 7 heteroatoms. The van der Waals surface area contributed by atoms with Gasteiger partial charge in [0.25, 0.3) is 5.92 Å². The van der Waals surface area contributed by atoms with Crippen LogP contribution in [0.1, 0.15) is 48.5 Å². The number of phenols is 1. The van der Waals surface area contributed by atoms with Gasteiger partial charge in [0, 0.05) is 24.3 Å². The van der Waals surface area contributed by atoms with Gasteiger partial charge >= 0.3 is 0 Å². The number of unbranched alkanes of at least 4 members (excludes halogenated alkanes) is 3. The Kier molecular flexibility index (Phi) is 10.2. The van der Waals surface area contributed by atoms with Crippen molar-refractivity contribution in [3.05, 3.63) is 65.2 Å². The standard InChI is InChI=1S/C23H31F2NO4/c24-23(25,20-8-4-3-5-9-20)17-30-13-7-2-1-6-12-26-15-22(29)18-10-11-21(28)19(14-18)16-27/h3-5,8-11,14,22,26-29H,1-2,6-7,12-13,15-17H2. The number of aromatic hydroxyl groups is 1. The van der Waals surface area contributed by atoms with Gasteiger partial charge in [-0.25, -0.2) is 0 Å². The van der Waals surface area contributed by atoms with Gasteiger partial charge in [0.2, 0.25) is 0 Å². The fourth-order valence-corrected chi connectivity index (χ4v) is 3.07. The van der Waals surface area contributed by atoms with Crippen LogP contribution in [0.2, 0.25) is 0 Å². The van der Waals surface area contributed by atoms with Crippen molar-refractivity contribution >= 4 is 0 Å². The van der Waals surface area contributed by atoms with Crippen LogP contribution in [-0.4, -0.2) is 41.6 Å². The molecule has 4 N–H and O–H groups in total. The van der Waals surface area contributed by atoms with Gasteiger partial charge in [-0.3, -0.25) is 0 Å². The Morgan fingerprint density at radius 3 is 2.47 bits per heavy atom. The second-order valence-corrected chi connectivity index (χ2v) is 7.30. The molecule has 0 aliphatic heterocycles. The molecule has 0 radical (unpaired) electrons. The number of aliphatic hydroxyl groups excluding tert-OH is 2. The largest absolute Gasteiger partial charge is 0.508 e. The summed E-state index contributed by atoms with van der Waals surface area (Å²) in [6, 6.07) is 12.4. The minimum Gasteiger partial charge on any atom is -0.508 e. The van der Waals surface area contributed by atoms with Crippen molar-refractivity contribution < 1.29 is 28.8 Å². The fraction of sp³-hybridized carbons (Fsp3) is 0.478. The highest BCUT2D eigenvalue weighted by Gasteiger charge is 2.31. The Labute approximate surface area is 176 Å². The summed E-state index contributed by atoms with van der Waals surface area (Å²) < 4.78 is 33.0. The molecule has 2 rings (SSSR count). The van der Waals surface area contributed by atoms with Gasteiger partial charge in [-0.2, -0.15) is 8.78 Å². The molecular formula is C23H31F2NO4. The van der Waals surface area contributed by atoms with E-state index < -0.39 is 18.6 Å². The van der Waals surface area contributed by atoms with Gasteiger partial charge in [-0.15, -0.1) is 0 Å². The lowest BCUT2D eigenvalue weighted by Gasteiger charge is -2.16. The Hall–Kier alpha value is -2.06. The first-order valence-electron chi connectivity index (χ1n) is 10.3. The van der Waals surface area contributed by atoms with E-state index in [4.69, 9.17) is 9.84 Å². The second kappa shape index (κ2) is 12.6. The van der Waals surface area contributed by atoms with Gasteiger partial charge in [-0.05, 0) is 37.1 Å². The maximum Gasteiger partial charge on any atom is 0.296 e. The van der Waals surface area contributed by atoms with Gasteiger partial charge in [0.15, 0.2) is 0 Å². The monoisotopic (exact) mass is 423 g/mol. The zero-order chi connectivity index (χ0) is 21.8. The molecule has 5 nitrogen and oxygen atoms in total. The van der Waals surface area contributed by atoms with Crippen LogP contribution < -0.4 is 5.32 Å². The minimum atomic E-state index is -2.97. The number of nitrogens with one attached hydrogen (secondary N) is 1. The molecular weight excluding hydrogens is 392 g/mol. The Bertz CT molecular complexity index is 743. The van der Waals surface area contributed by atoms with Crippen molar-refractivity contribution in [3.8, 4) is 5.75 Å². The minimum absolute atomic E-state index is 0.00849. The molecule has 0 fully saturated rings. The highest BCUT2D eigenvalue weighted by molar-refractivity contribution is 5.36. The average molecular weight is 424 g/mol. The van der Waals surface area contributed by atoms with Crippen LogP contribution in [0, 0.1) is 0 Å². The Balaban J connectivity index is 1.50. The summed E-state index contributed by atoms with van der Waals surface area (Å²) in [5, 5.41) is 32.1. The molecule has 2 aromatic rings. The molecule has 0 amide bonds. The lowest BCUT2D eigenvalue weighted by molar-refractivity contribution is -0.0831. The molecule has 0 saturated carbocycles. The maximum atomic E-state index is 13.9. The van der Waals surface area contributed by atoms with E-state index in [0.29, 0.717) is 24.3 Å². The third-order valence-electron chi connectivity index (χ3n) is 4.87.